The highest BCUT2D eigenvalue weighted by Crippen LogP contribution is 2.16. The first kappa shape index (κ1) is 12.7. The molecule has 2 rings (SSSR count). The lowest BCUT2D eigenvalue weighted by Gasteiger charge is -2.11. The van der Waals surface area contributed by atoms with Gasteiger partial charge in [-0.1, -0.05) is 18.5 Å². The Morgan fingerprint density at radius 2 is 2.11 bits per heavy atom. The monoisotopic (exact) mass is 246 g/mol. The zero-order valence-corrected chi connectivity index (χ0v) is 10.8. The van der Waals surface area contributed by atoms with E-state index in [4.69, 9.17) is 4.52 Å². The van der Waals surface area contributed by atoms with E-state index >= 15 is 0 Å². The van der Waals surface area contributed by atoms with Crippen LogP contribution in [-0.4, -0.2) is 28.2 Å². The Balaban J connectivity index is 2.06. The lowest BCUT2D eigenvalue weighted by Crippen LogP contribution is -2.27. The van der Waals surface area contributed by atoms with E-state index in [-0.39, 0.29) is 0 Å². The minimum absolute atomic E-state index is 0.401. The van der Waals surface area contributed by atoms with Gasteiger partial charge in [0.05, 0.1) is 0 Å². The summed E-state index contributed by atoms with van der Waals surface area (Å²) in [6.45, 7) is 2.17. The van der Waals surface area contributed by atoms with Crippen molar-refractivity contribution >= 4 is 0 Å². The Morgan fingerprint density at radius 3 is 2.78 bits per heavy atom. The molecule has 5 nitrogen and oxygen atoms in total. The molecule has 5 heteroatoms. The van der Waals surface area contributed by atoms with Crippen molar-refractivity contribution < 1.29 is 4.52 Å². The van der Waals surface area contributed by atoms with Gasteiger partial charge in [0.25, 0.3) is 5.89 Å². The number of nitrogens with zero attached hydrogens (tertiary/aromatic N) is 3. The Hall–Kier alpha value is -1.75. The molecule has 0 aliphatic carbocycles. The fourth-order valence-electron chi connectivity index (χ4n) is 1.87. The SMILES string of the molecule is CCCC(Cc1noc(-c2ccncc2)n1)NC. The van der Waals surface area contributed by atoms with Crippen molar-refractivity contribution in [1.82, 2.24) is 20.4 Å². The van der Waals surface area contributed by atoms with E-state index in [1.807, 2.05) is 19.2 Å². The Bertz CT molecular complexity index is 469. The molecule has 0 aliphatic rings. The molecule has 0 saturated carbocycles. The Morgan fingerprint density at radius 1 is 1.33 bits per heavy atom. The van der Waals surface area contributed by atoms with Crippen molar-refractivity contribution in [3.05, 3.63) is 30.4 Å². The largest absolute Gasteiger partial charge is 0.334 e. The molecule has 0 radical (unpaired) electrons. The van der Waals surface area contributed by atoms with Crippen LogP contribution in [0.3, 0.4) is 0 Å². The topological polar surface area (TPSA) is 63.8 Å². The second-order valence-electron chi connectivity index (χ2n) is 4.23. The number of aromatic nitrogens is 3. The highest BCUT2D eigenvalue weighted by molar-refractivity contribution is 5.50. The number of likely N-dealkylation sites (N-methyl/N-ethyl adjacent to an activating group) is 1. The molecule has 0 saturated heterocycles. The quantitative estimate of drug-likeness (QED) is 0.845. The maximum absolute atomic E-state index is 5.26. The number of pyridine rings is 1. The van der Waals surface area contributed by atoms with Gasteiger partial charge in [0, 0.05) is 30.4 Å². The van der Waals surface area contributed by atoms with Gasteiger partial charge in [0.2, 0.25) is 0 Å². The van der Waals surface area contributed by atoms with Crippen molar-refractivity contribution in [1.29, 1.82) is 0 Å². The number of rotatable bonds is 6. The molecule has 0 amide bonds. The Labute approximate surface area is 107 Å². The summed E-state index contributed by atoms with van der Waals surface area (Å²) in [6, 6.07) is 4.12. The predicted molar refractivity (Wildman–Crippen MR) is 69.0 cm³/mol. The van der Waals surface area contributed by atoms with Crippen LogP contribution in [0.5, 0.6) is 0 Å². The molecule has 2 heterocycles. The van der Waals surface area contributed by atoms with E-state index < -0.39 is 0 Å². The zero-order chi connectivity index (χ0) is 12.8. The van der Waals surface area contributed by atoms with Crippen molar-refractivity contribution in [3.8, 4) is 11.5 Å². The zero-order valence-electron chi connectivity index (χ0n) is 10.8. The molecule has 1 N–H and O–H groups in total. The van der Waals surface area contributed by atoms with Crippen LogP contribution < -0.4 is 5.32 Å². The fraction of sp³-hybridized carbons (Fsp3) is 0.462. The maximum Gasteiger partial charge on any atom is 0.258 e. The lowest BCUT2D eigenvalue weighted by molar-refractivity contribution is 0.413. The summed E-state index contributed by atoms with van der Waals surface area (Å²) in [6.07, 6.45) is 6.47. The van der Waals surface area contributed by atoms with Crippen LogP contribution in [0.1, 0.15) is 25.6 Å². The van der Waals surface area contributed by atoms with Gasteiger partial charge >= 0.3 is 0 Å². The van der Waals surface area contributed by atoms with Gasteiger partial charge < -0.3 is 9.84 Å². The summed E-state index contributed by atoms with van der Waals surface area (Å²) in [7, 11) is 1.96. The van der Waals surface area contributed by atoms with Crippen LogP contribution in [0, 0.1) is 0 Å². The number of hydrogen-bond acceptors (Lipinski definition) is 5. The Kier molecular flexibility index (Phi) is 4.41. The summed E-state index contributed by atoms with van der Waals surface area (Å²) >= 11 is 0. The lowest BCUT2D eigenvalue weighted by atomic mass is 10.1. The van der Waals surface area contributed by atoms with E-state index in [9.17, 15) is 0 Å². The van der Waals surface area contributed by atoms with Crippen LogP contribution in [0.2, 0.25) is 0 Å². The molecule has 0 bridgehead atoms. The minimum Gasteiger partial charge on any atom is -0.334 e. The standard InChI is InChI=1S/C13H18N4O/c1-3-4-11(14-2)9-12-16-13(18-17-12)10-5-7-15-8-6-10/h5-8,11,14H,3-4,9H2,1-2H3. The van der Waals surface area contributed by atoms with Gasteiger partial charge in [-0.05, 0) is 25.6 Å². The molecule has 0 aliphatic heterocycles. The molecule has 0 spiro atoms. The number of hydrogen-bond donors (Lipinski definition) is 1. The second kappa shape index (κ2) is 6.26. The summed E-state index contributed by atoms with van der Waals surface area (Å²) < 4.78 is 5.26. The number of nitrogens with one attached hydrogen (secondary N) is 1. The molecule has 96 valence electrons. The summed E-state index contributed by atoms with van der Waals surface area (Å²) in [5.41, 5.74) is 0.903. The summed E-state index contributed by atoms with van der Waals surface area (Å²) in [5, 5.41) is 7.28. The molecular formula is C13H18N4O. The predicted octanol–water partition coefficient (Wildman–Crippen LogP) is 2.06. The molecule has 2 aromatic rings. The third-order valence-corrected chi connectivity index (χ3v) is 2.87. The van der Waals surface area contributed by atoms with Gasteiger partial charge in [-0.2, -0.15) is 4.98 Å². The van der Waals surface area contributed by atoms with Crippen LogP contribution in [0.15, 0.2) is 29.0 Å². The molecular weight excluding hydrogens is 228 g/mol. The molecule has 18 heavy (non-hydrogen) atoms. The van der Waals surface area contributed by atoms with Gasteiger partial charge in [-0.3, -0.25) is 4.98 Å². The average Bonchev–Trinajstić information content (AvgIpc) is 2.88. The van der Waals surface area contributed by atoms with E-state index in [2.05, 4.69) is 27.4 Å². The fourth-order valence-corrected chi connectivity index (χ4v) is 1.87. The van der Waals surface area contributed by atoms with E-state index in [0.29, 0.717) is 11.9 Å². The third-order valence-electron chi connectivity index (χ3n) is 2.87. The molecule has 0 fully saturated rings. The highest BCUT2D eigenvalue weighted by atomic mass is 16.5. The maximum atomic E-state index is 5.26. The normalized spacial score (nSPS) is 12.6. The molecule has 1 unspecified atom stereocenters. The van der Waals surface area contributed by atoms with E-state index in [1.54, 1.807) is 12.4 Å². The van der Waals surface area contributed by atoms with Gasteiger partial charge in [-0.15, -0.1) is 0 Å². The van der Waals surface area contributed by atoms with E-state index in [1.165, 1.54) is 0 Å². The van der Waals surface area contributed by atoms with Crippen molar-refractivity contribution in [2.45, 2.75) is 32.2 Å². The summed E-state index contributed by atoms with van der Waals surface area (Å²) in [4.78, 5) is 8.37. The highest BCUT2D eigenvalue weighted by Gasteiger charge is 2.13. The minimum atomic E-state index is 0.401. The molecule has 2 aromatic heterocycles. The van der Waals surface area contributed by atoms with Gasteiger partial charge in [0.15, 0.2) is 5.82 Å². The van der Waals surface area contributed by atoms with Crippen molar-refractivity contribution in [2.75, 3.05) is 7.05 Å². The first-order valence-corrected chi connectivity index (χ1v) is 6.23. The first-order valence-electron chi connectivity index (χ1n) is 6.23. The molecule has 0 aromatic carbocycles. The summed E-state index contributed by atoms with van der Waals surface area (Å²) in [5.74, 6) is 1.30. The van der Waals surface area contributed by atoms with Crippen LogP contribution in [-0.2, 0) is 6.42 Å². The van der Waals surface area contributed by atoms with Crippen molar-refractivity contribution in [3.63, 3.8) is 0 Å². The van der Waals surface area contributed by atoms with E-state index in [0.717, 1.165) is 30.7 Å². The molecule has 1 atom stereocenters. The third kappa shape index (κ3) is 3.13. The van der Waals surface area contributed by atoms with Crippen LogP contribution in [0.4, 0.5) is 0 Å². The van der Waals surface area contributed by atoms with Crippen molar-refractivity contribution in [2.24, 2.45) is 0 Å². The van der Waals surface area contributed by atoms with Crippen LogP contribution in [0.25, 0.3) is 11.5 Å². The van der Waals surface area contributed by atoms with Gasteiger partial charge in [0.1, 0.15) is 0 Å². The second-order valence-corrected chi connectivity index (χ2v) is 4.23. The van der Waals surface area contributed by atoms with Crippen LogP contribution >= 0.6 is 0 Å². The first-order chi connectivity index (χ1) is 8.83. The van der Waals surface area contributed by atoms with Gasteiger partial charge in [-0.25, -0.2) is 0 Å². The smallest absolute Gasteiger partial charge is 0.258 e. The average molecular weight is 246 g/mol.